The lowest BCUT2D eigenvalue weighted by Gasteiger charge is -2.27. The molecule has 34 heavy (non-hydrogen) atoms. The summed E-state index contributed by atoms with van der Waals surface area (Å²) in [6, 6.07) is 26.6. The van der Waals surface area contributed by atoms with Crippen LogP contribution in [-0.4, -0.2) is 30.0 Å². The number of aliphatic imine (C=N–C) groups is 2. The van der Waals surface area contributed by atoms with E-state index in [1.807, 2.05) is 54.6 Å². The molecule has 2 atom stereocenters. The topological polar surface area (TPSA) is 55.2 Å². The summed E-state index contributed by atoms with van der Waals surface area (Å²) in [6.07, 6.45) is 0. The molecule has 0 spiro atoms. The van der Waals surface area contributed by atoms with Gasteiger partial charge in [0.1, 0.15) is 18.2 Å². The highest BCUT2D eigenvalue weighted by Gasteiger charge is 2.41. The zero-order chi connectivity index (χ0) is 23.7. The molecule has 2 aliphatic heterocycles. The number of rotatable bonds is 6. The zero-order valence-electron chi connectivity index (χ0n) is 20.2. The van der Waals surface area contributed by atoms with E-state index in [1.165, 1.54) is 0 Å². The summed E-state index contributed by atoms with van der Waals surface area (Å²) in [7, 11) is 0. The van der Waals surface area contributed by atoms with Gasteiger partial charge in [-0.3, -0.25) is 0 Å². The van der Waals surface area contributed by atoms with E-state index >= 15 is 0 Å². The van der Waals surface area contributed by atoms with E-state index in [2.05, 4.69) is 57.3 Å². The standard InChI is InChI=1S/C29H31N3O2/c1-19(2)26-29(3,4)34-28(32-26)22-15-9-11-17-24(22)30-23-16-10-8-14-21(23)27-31-25(18-33-27)20-12-6-5-7-13-20/h5-17,19,25-26,30H,18H2,1-4H3/t25-,26+/m1/s1. The third kappa shape index (κ3) is 4.30. The predicted molar refractivity (Wildman–Crippen MR) is 138 cm³/mol. The van der Waals surface area contributed by atoms with Crippen molar-refractivity contribution in [2.45, 2.75) is 45.4 Å². The molecule has 0 saturated heterocycles. The normalized spacial score (nSPS) is 21.0. The maximum absolute atomic E-state index is 6.34. The first-order chi connectivity index (χ1) is 16.4. The fourth-order valence-electron chi connectivity index (χ4n) is 4.76. The van der Waals surface area contributed by atoms with Crippen LogP contribution >= 0.6 is 0 Å². The Bertz CT molecular complexity index is 1230. The van der Waals surface area contributed by atoms with Crippen molar-refractivity contribution in [1.29, 1.82) is 0 Å². The summed E-state index contributed by atoms with van der Waals surface area (Å²) in [5.74, 6) is 1.73. The molecule has 0 aliphatic carbocycles. The van der Waals surface area contributed by atoms with Crippen molar-refractivity contribution < 1.29 is 9.47 Å². The van der Waals surface area contributed by atoms with Gasteiger partial charge in [-0.2, -0.15) is 0 Å². The van der Waals surface area contributed by atoms with Gasteiger partial charge in [0.2, 0.25) is 11.8 Å². The Kier molecular flexibility index (Phi) is 5.86. The third-order valence-corrected chi connectivity index (χ3v) is 6.38. The molecule has 0 radical (unpaired) electrons. The molecular weight excluding hydrogens is 422 g/mol. The summed E-state index contributed by atoms with van der Waals surface area (Å²) in [6.45, 7) is 9.14. The zero-order valence-corrected chi connectivity index (χ0v) is 20.2. The Morgan fingerprint density at radius 3 is 2.00 bits per heavy atom. The summed E-state index contributed by atoms with van der Waals surface area (Å²) < 4.78 is 12.4. The van der Waals surface area contributed by atoms with Crippen LogP contribution in [0.2, 0.25) is 0 Å². The number of nitrogens with one attached hydrogen (secondary N) is 1. The number of nitrogens with zero attached hydrogens (tertiary/aromatic N) is 2. The van der Waals surface area contributed by atoms with Gasteiger partial charge in [-0.05, 0) is 49.6 Å². The van der Waals surface area contributed by atoms with E-state index in [4.69, 9.17) is 19.5 Å². The first kappa shape index (κ1) is 22.2. The van der Waals surface area contributed by atoms with E-state index in [-0.39, 0.29) is 17.7 Å². The molecule has 174 valence electrons. The molecule has 3 aromatic rings. The average Bonchev–Trinajstić information content (AvgIpc) is 3.45. The molecule has 0 bridgehead atoms. The molecule has 2 heterocycles. The van der Waals surface area contributed by atoms with Gasteiger partial charge in [0, 0.05) is 0 Å². The Labute approximate surface area is 201 Å². The smallest absolute Gasteiger partial charge is 0.219 e. The lowest BCUT2D eigenvalue weighted by atomic mass is 9.90. The van der Waals surface area contributed by atoms with Crippen molar-refractivity contribution in [3.05, 3.63) is 95.6 Å². The number of hydrogen-bond donors (Lipinski definition) is 1. The summed E-state index contributed by atoms with van der Waals surface area (Å²) in [5, 5.41) is 3.60. The van der Waals surface area contributed by atoms with Crippen molar-refractivity contribution >= 4 is 23.2 Å². The molecule has 0 amide bonds. The molecule has 0 fully saturated rings. The van der Waals surface area contributed by atoms with Gasteiger partial charge in [0.05, 0.1) is 28.5 Å². The molecule has 3 aromatic carbocycles. The van der Waals surface area contributed by atoms with Crippen LogP contribution in [0.4, 0.5) is 11.4 Å². The van der Waals surface area contributed by atoms with Crippen molar-refractivity contribution in [1.82, 2.24) is 0 Å². The van der Waals surface area contributed by atoms with Gasteiger partial charge in [0.15, 0.2) is 0 Å². The number of benzene rings is 3. The van der Waals surface area contributed by atoms with Crippen LogP contribution in [0.5, 0.6) is 0 Å². The summed E-state index contributed by atoms with van der Waals surface area (Å²) in [5.41, 5.74) is 4.57. The monoisotopic (exact) mass is 453 g/mol. The van der Waals surface area contributed by atoms with Crippen LogP contribution in [0.3, 0.4) is 0 Å². The minimum atomic E-state index is -0.340. The van der Waals surface area contributed by atoms with Gasteiger partial charge in [0.25, 0.3) is 0 Å². The maximum Gasteiger partial charge on any atom is 0.219 e. The fourth-order valence-corrected chi connectivity index (χ4v) is 4.76. The number of anilines is 2. The molecular formula is C29H31N3O2. The second-order valence-corrected chi connectivity index (χ2v) is 9.72. The second-order valence-electron chi connectivity index (χ2n) is 9.72. The SMILES string of the molecule is CC(C)[C@@H]1N=C(c2ccccc2Nc2ccccc2C2=N[C@@H](c3ccccc3)CO2)OC1(C)C. The van der Waals surface area contributed by atoms with Gasteiger partial charge < -0.3 is 14.8 Å². The van der Waals surface area contributed by atoms with Gasteiger partial charge in [-0.25, -0.2) is 9.98 Å². The Balaban J connectivity index is 1.45. The van der Waals surface area contributed by atoms with Crippen molar-refractivity contribution in [3.63, 3.8) is 0 Å². The average molecular weight is 454 g/mol. The molecule has 0 unspecified atom stereocenters. The first-order valence-electron chi connectivity index (χ1n) is 11.9. The Morgan fingerprint density at radius 2 is 1.38 bits per heavy atom. The van der Waals surface area contributed by atoms with E-state index < -0.39 is 0 Å². The van der Waals surface area contributed by atoms with Crippen molar-refractivity contribution in [3.8, 4) is 0 Å². The third-order valence-electron chi connectivity index (χ3n) is 6.38. The van der Waals surface area contributed by atoms with Crippen LogP contribution in [0, 0.1) is 5.92 Å². The van der Waals surface area contributed by atoms with Crippen molar-refractivity contribution in [2.75, 3.05) is 11.9 Å². The van der Waals surface area contributed by atoms with Gasteiger partial charge in [-0.15, -0.1) is 0 Å². The van der Waals surface area contributed by atoms with Crippen LogP contribution in [0.1, 0.15) is 50.4 Å². The van der Waals surface area contributed by atoms with Crippen LogP contribution < -0.4 is 5.32 Å². The maximum atomic E-state index is 6.34. The summed E-state index contributed by atoms with van der Waals surface area (Å²) in [4.78, 5) is 9.85. The van der Waals surface area contributed by atoms with E-state index in [0.29, 0.717) is 24.3 Å². The molecule has 5 heteroatoms. The number of ether oxygens (including phenoxy) is 2. The van der Waals surface area contributed by atoms with Crippen LogP contribution in [-0.2, 0) is 9.47 Å². The van der Waals surface area contributed by atoms with Gasteiger partial charge in [-0.1, -0.05) is 68.4 Å². The van der Waals surface area contributed by atoms with Crippen LogP contribution in [0.25, 0.3) is 0 Å². The van der Waals surface area contributed by atoms with Gasteiger partial charge >= 0.3 is 0 Å². The highest BCUT2D eigenvalue weighted by molar-refractivity contribution is 6.04. The van der Waals surface area contributed by atoms with E-state index in [0.717, 1.165) is 28.1 Å². The fraction of sp³-hybridized carbons (Fsp3) is 0.310. The quantitative estimate of drug-likeness (QED) is 0.462. The molecule has 5 nitrogen and oxygen atoms in total. The highest BCUT2D eigenvalue weighted by atomic mass is 16.5. The lowest BCUT2D eigenvalue weighted by Crippen LogP contribution is -2.36. The highest BCUT2D eigenvalue weighted by Crippen LogP contribution is 2.35. The largest absolute Gasteiger partial charge is 0.475 e. The number of hydrogen-bond acceptors (Lipinski definition) is 5. The number of para-hydroxylation sites is 2. The molecule has 2 aliphatic rings. The minimum Gasteiger partial charge on any atom is -0.475 e. The molecule has 1 N–H and O–H groups in total. The molecule has 0 saturated carbocycles. The van der Waals surface area contributed by atoms with Crippen LogP contribution in [0.15, 0.2) is 88.8 Å². The Hall–Kier alpha value is -3.60. The molecule has 5 rings (SSSR count). The minimum absolute atomic E-state index is 0.00739. The van der Waals surface area contributed by atoms with E-state index in [9.17, 15) is 0 Å². The van der Waals surface area contributed by atoms with Crippen molar-refractivity contribution in [2.24, 2.45) is 15.9 Å². The Morgan fingerprint density at radius 1 is 0.794 bits per heavy atom. The second kappa shape index (κ2) is 8.98. The lowest BCUT2D eigenvalue weighted by molar-refractivity contribution is 0.0813. The molecule has 0 aromatic heterocycles. The first-order valence-corrected chi connectivity index (χ1v) is 11.9. The summed E-state index contributed by atoms with van der Waals surface area (Å²) >= 11 is 0. The van der Waals surface area contributed by atoms with E-state index in [1.54, 1.807) is 0 Å². The predicted octanol–water partition coefficient (Wildman–Crippen LogP) is 6.53.